The lowest BCUT2D eigenvalue weighted by atomic mass is 9.97. The minimum absolute atomic E-state index is 0.0965. The number of nitrogens with zero attached hydrogens (tertiary/aromatic N) is 6. The maximum Gasteiger partial charge on any atom is 0.259 e. The molecule has 1 saturated heterocycles. The second-order valence-electron chi connectivity index (χ2n) is 5.59. The van der Waals surface area contributed by atoms with Gasteiger partial charge in [0.1, 0.15) is 29.9 Å². The summed E-state index contributed by atoms with van der Waals surface area (Å²) in [6, 6.07) is 0. The third kappa shape index (κ3) is 3.05. The number of nitrogen functional groups attached to an aromatic ring is 1. The van der Waals surface area contributed by atoms with E-state index >= 15 is 0 Å². The minimum Gasteiger partial charge on any atom is -0.383 e. The van der Waals surface area contributed by atoms with Gasteiger partial charge in [-0.3, -0.25) is 9.48 Å². The van der Waals surface area contributed by atoms with Crippen LogP contribution in [0.25, 0.3) is 0 Å². The van der Waals surface area contributed by atoms with Gasteiger partial charge in [0.25, 0.3) is 5.91 Å². The van der Waals surface area contributed by atoms with Crippen LogP contribution < -0.4 is 5.73 Å². The number of carbonyl (C=O) groups excluding carboxylic acids is 1. The van der Waals surface area contributed by atoms with Gasteiger partial charge in [0.05, 0.1) is 0 Å². The van der Waals surface area contributed by atoms with Gasteiger partial charge in [0.2, 0.25) is 0 Å². The van der Waals surface area contributed by atoms with Crippen LogP contribution >= 0.6 is 0 Å². The van der Waals surface area contributed by atoms with Crippen LogP contribution in [0.3, 0.4) is 0 Å². The second kappa shape index (κ2) is 6.08. The summed E-state index contributed by atoms with van der Waals surface area (Å²) < 4.78 is 1.81. The Morgan fingerprint density at radius 3 is 3.09 bits per heavy atom. The monoisotopic (exact) mass is 301 g/mol. The second-order valence-corrected chi connectivity index (χ2v) is 5.59. The van der Waals surface area contributed by atoms with Gasteiger partial charge in [0, 0.05) is 25.8 Å². The maximum atomic E-state index is 12.6. The molecule has 1 aliphatic heterocycles. The van der Waals surface area contributed by atoms with Gasteiger partial charge in [-0.25, -0.2) is 15.0 Å². The fourth-order valence-electron chi connectivity index (χ4n) is 2.81. The van der Waals surface area contributed by atoms with Gasteiger partial charge < -0.3 is 10.6 Å². The summed E-state index contributed by atoms with van der Waals surface area (Å²) >= 11 is 0. The van der Waals surface area contributed by atoms with E-state index < -0.39 is 0 Å². The largest absolute Gasteiger partial charge is 0.383 e. The van der Waals surface area contributed by atoms with Gasteiger partial charge in [0.15, 0.2) is 0 Å². The van der Waals surface area contributed by atoms with Gasteiger partial charge in [-0.2, -0.15) is 5.10 Å². The first-order chi connectivity index (χ1) is 10.6. The zero-order valence-corrected chi connectivity index (χ0v) is 12.5. The van der Waals surface area contributed by atoms with Crippen molar-refractivity contribution in [2.75, 3.05) is 18.8 Å². The molecule has 0 saturated carbocycles. The lowest BCUT2D eigenvalue weighted by molar-refractivity contribution is 0.0660. The lowest BCUT2D eigenvalue weighted by Crippen LogP contribution is -2.41. The first-order valence-corrected chi connectivity index (χ1v) is 7.34. The van der Waals surface area contributed by atoms with Crippen LogP contribution in [0.15, 0.2) is 18.9 Å². The molecule has 8 nitrogen and oxygen atoms in total. The van der Waals surface area contributed by atoms with Gasteiger partial charge in [-0.1, -0.05) is 0 Å². The number of likely N-dealkylation sites (tertiary alicyclic amines) is 1. The summed E-state index contributed by atoms with van der Waals surface area (Å²) in [5.41, 5.74) is 6.23. The van der Waals surface area contributed by atoms with E-state index in [1.807, 2.05) is 9.58 Å². The molecule has 0 aliphatic carbocycles. The number of aromatic nitrogens is 5. The summed E-state index contributed by atoms with van der Waals surface area (Å²) in [5.74, 6) is 1.08. The van der Waals surface area contributed by atoms with Crippen LogP contribution in [-0.2, 0) is 6.54 Å². The van der Waals surface area contributed by atoms with Crippen molar-refractivity contribution in [2.45, 2.75) is 26.3 Å². The quantitative estimate of drug-likeness (QED) is 0.886. The summed E-state index contributed by atoms with van der Waals surface area (Å²) in [6.07, 6.45) is 6.78. The van der Waals surface area contributed by atoms with Gasteiger partial charge >= 0.3 is 0 Å². The highest BCUT2D eigenvalue weighted by Crippen LogP contribution is 2.21. The molecule has 0 aromatic carbocycles. The minimum atomic E-state index is -0.0965. The van der Waals surface area contributed by atoms with E-state index in [-0.39, 0.29) is 11.7 Å². The number of hydrogen-bond donors (Lipinski definition) is 1. The van der Waals surface area contributed by atoms with Crippen molar-refractivity contribution in [1.82, 2.24) is 29.6 Å². The molecule has 0 bridgehead atoms. The van der Waals surface area contributed by atoms with Crippen LogP contribution in [0.5, 0.6) is 0 Å². The van der Waals surface area contributed by atoms with Crippen molar-refractivity contribution in [1.29, 1.82) is 0 Å². The molecule has 1 amide bonds. The van der Waals surface area contributed by atoms with Gasteiger partial charge in [-0.05, 0) is 25.7 Å². The number of piperidine rings is 1. The summed E-state index contributed by atoms with van der Waals surface area (Å²) in [6.45, 7) is 3.94. The predicted molar refractivity (Wildman–Crippen MR) is 79.8 cm³/mol. The molecule has 1 aliphatic rings. The number of rotatable bonds is 3. The average Bonchev–Trinajstić information content (AvgIpc) is 3.00. The molecule has 1 atom stereocenters. The number of aryl methyl sites for hydroxylation is 1. The maximum absolute atomic E-state index is 12.6. The first kappa shape index (κ1) is 14.4. The van der Waals surface area contributed by atoms with E-state index in [1.165, 1.54) is 12.5 Å². The molecule has 0 spiro atoms. The van der Waals surface area contributed by atoms with Crippen molar-refractivity contribution < 1.29 is 4.79 Å². The molecule has 116 valence electrons. The number of anilines is 1. The number of nitrogens with two attached hydrogens (primary N) is 1. The van der Waals surface area contributed by atoms with Crippen LogP contribution in [-0.4, -0.2) is 48.6 Å². The molecule has 3 rings (SSSR count). The zero-order chi connectivity index (χ0) is 15.5. The summed E-state index contributed by atoms with van der Waals surface area (Å²) in [5, 5.41) is 4.12. The first-order valence-electron chi connectivity index (χ1n) is 7.34. The topological polar surface area (TPSA) is 103 Å². The summed E-state index contributed by atoms with van der Waals surface area (Å²) in [7, 11) is 0. The smallest absolute Gasteiger partial charge is 0.259 e. The Bertz CT molecular complexity index is 655. The molecule has 1 unspecified atom stereocenters. The Morgan fingerprint density at radius 2 is 2.36 bits per heavy atom. The normalized spacial score (nSPS) is 18.4. The molecular formula is C14H19N7O. The molecule has 8 heteroatoms. The molecule has 0 radical (unpaired) electrons. The lowest BCUT2D eigenvalue weighted by Gasteiger charge is -2.32. The van der Waals surface area contributed by atoms with Crippen molar-refractivity contribution in [3.05, 3.63) is 30.2 Å². The van der Waals surface area contributed by atoms with Crippen molar-refractivity contribution in [2.24, 2.45) is 5.92 Å². The van der Waals surface area contributed by atoms with Crippen LogP contribution in [0.1, 0.15) is 29.0 Å². The van der Waals surface area contributed by atoms with Crippen LogP contribution in [0.4, 0.5) is 5.82 Å². The Kier molecular flexibility index (Phi) is 3.99. The molecule has 22 heavy (non-hydrogen) atoms. The highest BCUT2D eigenvalue weighted by molar-refractivity contribution is 5.98. The third-order valence-electron chi connectivity index (χ3n) is 3.89. The molecule has 2 aromatic heterocycles. The van der Waals surface area contributed by atoms with E-state index in [9.17, 15) is 4.79 Å². The number of carbonyl (C=O) groups is 1. The van der Waals surface area contributed by atoms with Crippen LogP contribution in [0.2, 0.25) is 0 Å². The Hall–Kier alpha value is -2.51. The predicted octanol–water partition coefficient (Wildman–Crippen LogP) is 0.511. The Balaban J connectivity index is 1.69. The van der Waals surface area contributed by atoms with Crippen molar-refractivity contribution in [3.63, 3.8) is 0 Å². The van der Waals surface area contributed by atoms with E-state index in [0.29, 0.717) is 23.9 Å². The van der Waals surface area contributed by atoms with E-state index in [4.69, 9.17) is 5.73 Å². The van der Waals surface area contributed by atoms with E-state index in [0.717, 1.165) is 25.9 Å². The number of amides is 1. The number of hydrogen-bond acceptors (Lipinski definition) is 6. The van der Waals surface area contributed by atoms with Crippen LogP contribution in [0, 0.1) is 12.8 Å². The highest BCUT2D eigenvalue weighted by Gasteiger charge is 2.26. The molecule has 2 N–H and O–H groups in total. The Labute approximate surface area is 128 Å². The Morgan fingerprint density at radius 1 is 1.50 bits per heavy atom. The van der Waals surface area contributed by atoms with E-state index in [2.05, 4.69) is 20.1 Å². The fourth-order valence-corrected chi connectivity index (χ4v) is 2.81. The zero-order valence-electron chi connectivity index (χ0n) is 12.5. The van der Waals surface area contributed by atoms with Crippen molar-refractivity contribution >= 4 is 11.7 Å². The van der Waals surface area contributed by atoms with Gasteiger partial charge in [-0.15, -0.1) is 0 Å². The van der Waals surface area contributed by atoms with E-state index in [1.54, 1.807) is 13.3 Å². The molecule has 2 aromatic rings. The fraction of sp³-hybridized carbons (Fsp3) is 0.500. The SMILES string of the molecule is Cc1ncc(C(=O)N2CCCC(Cn3cncn3)C2)c(N)n1. The third-order valence-corrected chi connectivity index (χ3v) is 3.89. The summed E-state index contributed by atoms with van der Waals surface area (Å²) in [4.78, 5) is 26.5. The molecule has 1 fully saturated rings. The van der Waals surface area contributed by atoms with Crippen molar-refractivity contribution in [3.8, 4) is 0 Å². The molecule has 3 heterocycles. The highest BCUT2D eigenvalue weighted by atomic mass is 16.2. The molecular weight excluding hydrogens is 282 g/mol. The standard InChI is InChI=1S/C14H19N7O/c1-10-17-5-12(13(15)19-10)14(22)20-4-2-3-11(6-20)7-21-9-16-8-18-21/h5,8-9,11H,2-4,6-7H2,1H3,(H2,15,17,19). The average molecular weight is 301 g/mol.